The first kappa shape index (κ1) is 9.73. The molecule has 2 heterocycles. The summed E-state index contributed by atoms with van der Waals surface area (Å²) in [5.74, 6) is 3.54. The van der Waals surface area contributed by atoms with E-state index in [1.807, 2.05) is 24.3 Å². The van der Waals surface area contributed by atoms with E-state index in [1.54, 1.807) is 6.26 Å². The van der Waals surface area contributed by atoms with Gasteiger partial charge in [-0.25, -0.2) is 0 Å². The fourth-order valence-corrected chi connectivity index (χ4v) is 1.86. The molecule has 0 amide bonds. The van der Waals surface area contributed by atoms with Crippen molar-refractivity contribution in [2.24, 2.45) is 0 Å². The van der Waals surface area contributed by atoms with Crippen LogP contribution in [0.5, 0.6) is 11.5 Å². The molecular weight excluding hydrogens is 202 g/mol. The van der Waals surface area contributed by atoms with Crippen molar-refractivity contribution >= 4 is 0 Å². The van der Waals surface area contributed by atoms with Gasteiger partial charge in [0.05, 0.1) is 5.92 Å². The van der Waals surface area contributed by atoms with Gasteiger partial charge in [-0.3, -0.25) is 0 Å². The first-order valence-corrected chi connectivity index (χ1v) is 5.47. The number of fused-ring (bicyclic) bond motifs is 1. The summed E-state index contributed by atoms with van der Waals surface area (Å²) in [4.78, 5) is 0. The van der Waals surface area contributed by atoms with Crippen molar-refractivity contribution in [2.75, 3.05) is 13.1 Å². The second kappa shape index (κ2) is 4.18. The van der Waals surface area contributed by atoms with Gasteiger partial charge in [-0.2, -0.15) is 0 Å². The first-order chi connectivity index (χ1) is 7.93. The van der Waals surface area contributed by atoms with Crippen LogP contribution in [0.2, 0.25) is 0 Å². The number of piperidine rings is 1. The lowest BCUT2D eigenvalue weighted by molar-refractivity contribution is 0.319. The Labute approximate surface area is 95.1 Å². The topological polar surface area (TPSA) is 30.5 Å². The minimum Gasteiger partial charge on any atom is -0.458 e. The van der Waals surface area contributed by atoms with Crippen LogP contribution in [0.1, 0.15) is 6.42 Å². The van der Waals surface area contributed by atoms with Crippen molar-refractivity contribution in [1.29, 1.82) is 0 Å². The summed E-state index contributed by atoms with van der Waals surface area (Å²) in [6, 6.07) is 7.69. The molecule has 2 aliphatic heterocycles. The highest BCUT2D eigenvalue weighted by Gasteiger charge is 2.24. The highest BCUT2D eigenvalue weighted by atomic mass is 16.6. The van der Waals surface area contributed by atoms with Gasteiger partial charge in [0.2, 0.25) is 0 Å². The normalized spacial score (nSPS) is 20.4. The number of benzene rings is 1. The molecule has 1 fully saturated rings. The van der Waals surface area contributed by atoms with Crippen LogP contribution in [-0.2, 0) is 0 Å². The highest BCUT2D eigenvalue weighted by Crippen LogP contribution is 2.35. The Morgan fingerprint density at radius 3 is 2.81 bits per heavy atom. The molecule has 1 aromatic rings. The van der Waals surface area contributed by atoms with Crippen LogP contribution >= 0.6 is 0 Å². The van der Waals surface area contributed by atoms with Gasteiger partial charge in [0.1, 0.15) is 12.0 Å². The van der Waals surface area contributed by atoms with E-state index in [0.717, 1.165) is 36.8 Å². The van der Waals surface area contributed by atoms with E-state index in [-0.39, 0.29) is 0 Å². The third kappa shape index (κ3) is 1.78. The van der Waals surface area contributed by atoms with Crippen molar-refractivity contribution in [1.82, 2.24) is 5.32 Å². The van der Waals surface area contributed by atoms with Crippen molar-refractivity contribution in [3.63, 3.8) is 0 Å². The fourth-order valence-electron chi connectivity index (χ4n) is 1.86. The molecule has 3 nitrogen and oxygen atoms in total. The molecule has 3 rings (SSSR count). The SMILES string of the molecule is [CH]1CCNC[C]1C1=COc2ccccc2O1. The largest absolute Gasteiger partial charge is 0.458 e. The number of para-hydroxylation sites is 2. The van der Waals surface area contributed by atoms with E-state index in [9.17, 15) is 0 Å². The Balaban J connectivity index is 1.77. The van der Waals surface area contributed by atoms with E-state index < -0.39 is 0 Å². The molecule has 82 valence electrons. The predicted octanol–water partition coefficient (Wildman–Crippen LogP) is 2.07. The molecule has 2 radical (unpaired) electrons. The van der Waals surface area contributed by atoms with Crippen LogP contribution in [0.4, 0.5) is 0 Å². The zero-order valence-corrected chi connectivity index (χ0v) is 8.90. The quantitative estimate of drug-likeness (QED) is 0.778. The van der Waals surface area contributed by atoms with Crippen molar-refractivity contribution in [3.8, 4) is 11.5 Å². The van der Waals surface area contributed by atoms with E-state index in [0.29, 0.717) is 0 Å². The average Bonchev–Trinajstić information content (AvgIpc) is 2.39. The summed E-state index contributed by atoms with van der Waals surface area (Å²) in [5, 5.41) is 3.31. The molecule has 3 heteroatoms. The molecule has 16 heavy (non-hydrogen) atoms. The van der Waals surface area contributed by atoms with Crippen molar-refractivity contribution in [2.45, 2.75) is 6.42 Å². The summed E-state index contributed by atoms with van der Waals surface area (Å²) < 4.78 is 11.3. The molecule has 0 saturated carbocycles. The third-order valence-electron chi connectivity index (χ3n) is 2.71. The molecule has 0 aromatic heterocycles. The first-order valence-electron chi connectivity index (χ1n) is 5.47. The lowest BCUT2D eigenvalue weighted by Crippen LogP contribution is -2.31. The molecule has 2 aliphatic rings. The minimum atomic E-state index is 0.774. The molecule has 0 unspecified atom stereocenters. The number of hydrogen-bond donors (Lipinski definition) is 1. The number of ether oxygens (including phenoxy) is 2. The van der Waals surface area contributed by atoms with E-state index in [1.165, 1.54) is 5.92 Å². The highest BCUT2D eigenvalue weighted by molar-refractivity contribution is 5.45. The lowest BCUT2D eigenvalue weighted by atomic mass is 9.98. The van der Waals surface area contributed by atoms with E-state index >= 15 is 0 Å². The fraction of sp³-hybridized carbons (Fsp3) is 0.231. The summed E-state index contributed by atoms with van der Waals surface area (Å²) in [5.41, 5.74) is 0. The molecule has 0 atom stereocenters. The predicted molar refractivity (Wildman–Crippen MR) is 60.8 cm³/mol. The van der Waals surface area contributed by atoms with Gasteiger partial charge in [0.25, 0.3) is 0 Å². The Bertz CT molecular complexity index is 408. The van der Waals surface area contributed by atoms with E-state index in [2.05, 4.69) is 11.7 Å². The summed E-state index contributed by atoms with van der Waals surface area (Å²) in [7, 11) is 0. The van der Waals surface area contributed by atoms with Crippen LogP contribution in [-0.4, -0.2) is 13.1 Å². The van der Waals surface area contributed by atoms with Gasteiger partial charge in [0, 0.05) is 6.54 Å². The molecule has 1 aromatic carbocycles. The second-order valence-corrected chi connectivity index (χ2v) is 3.84. The van der Waals surface area contributed by atoms with Crippen molar-refractivity contribution < 1.29 is 9.47 Å². The summed E-state index contributed by atoms with van der Waals surface area (Å²) in [6.07, 6.45) is 4.92. The van der Waals surface area contributed by atoms with E-state index in [4.69, 9.17) is 9.47 Å². The Kier molecular flexibility index (Phi) is 2.54. The Hall–Kier alpha value is -1.48. The van der Waals surface area contributed by atoms with Gasteiger partial charge in [-0.1, -0.05) is 12.1 Å². The van der Waals surface area contributed by atoms with Crippen LogP contribution < -0.4 is 14.8 Å². The van der Waals surface area contributed by atoms with Gasteiger partial charge in [-0.15, -0.1) is 0 Å². The Morgan fingerprint density at radius 1 is 1.12 bits per heavy atom. The summed E-state index contributed by atoms with van der Waals surface area (Å²) in [6.45, 7) is 1.88. The molecule has 0 spiro atoms. The maximum Gasteiger partial charge on any atom is 0.169 e. The number of rotatable bonds is 1. The average molecular weight is 215 g/mol. The van der Waals surface area contributed by atoms with Crippen LogP contribution in [0, 0.1) is 12.3 Å². The monoisotopic (exact) mass is 215 g/mol. The number of hydrogen-bond acceptors (Lipinski definition) is 3. The molecule has 0 aliphatic carbocycles. The molecule has 1 saturated heterocycles. The third-order valence-corrected chi connectivity index (χ3v) is 2.71. The Morgan fingerprint density at radius 2 is 2.00 bits per heavy atom. The standard InChI is InChI=1S/C13H13NO2/c1-2-6-12-11(5-1)15-9-13(16-12)10-4-3-7-14-8-10/h1-2,4-6,9,14H,3,7-8H2. The van der Waals surface area contributed by atoms with Crippen LogP contribution in [0.3, 0.4) is 0 Å². The molecular formula is C13H13NO2. The molecule has 0 bridgehead atoms. The van der Waals surface area contributed by atoms with Gasteiger partial charge in [0.15, 0.2) is 11.5 Å². The molecule has 1 N–H and O–H groups in total. The van der Waals surface area contributed by atoms with Gasteiger partial charge in [-0.05, 0) is 31.5 Å². The maximum atomic E-state index is 5.80. The smallest absolute Gasteiger partial charge is 0.169 e. The van der Waals surface area contributed by atoms with Gasteiger partial charge >= 0.3 is 0 Å². The minimum absolute atomic E-state index is 0.774. The maximum absolute atomic E-state index is 5.80. The number of nitrogens with one attached hydrogen (secondary N) is 1. The van der Waals surface area contributed by atoms with Crippen LogP contribution in [0.15, 0.2) is 36.3 Å². The van der Waals surface area contributed by atoms with Crippen LogP contribution in [0.25, 0.3) is 0 Å². The lowest BCUT2D eigenvalue weighted by Gasteiger charge is -2.26. The second-order valence-electron chi connectivity index (χ2n) is 3.84. The zero-order chi connectivity index (χ0) is 10.8. The zero-order valence-electron chi connectivity index (χ0n) is 8.90. The summed E-state index contributed by atoms with van der Waals surface area (Å²) >= 11 is 0. The van der Waals surface area contributed by atoms with Crippen molar-refractivity contribution in [3.05, 3.63) is 48.6 Å². The van der Waals surface area contributed by atoms with Gasteiger partial charge < -0.3 is 14.8 Å².